The summed E-state index contributed by atoms with van der Waals surface area (Å²) in [6.07, 6.45) is 2.90. The maximum absolute atomic E-state index is 12.0. The van der Waals surface area contributed by atoms with Crippen molar-refractivity contribution in [3.63, 3.8) is 0 Å². The zero-order chi connectivity index (χ0) is 15.2. The second kappa shape index (κ2) is 4.98. The minimum absolute atomic E-state index is 0.00669. The first-order valence-corrected chi connectivity index (χ1v) is 7.46. The van der Waals surface area contributed by atoms with E-state index >= 15 is 0 Å². The Morgan fingerprint density at radius 1 is 1.33 bits per heavy atom. The molecule has 3 rings (SSSR count). The summed E-state index contributed by atoms with van der Waals surface area (Å²) >= 11 is 0. The van der Waals surface area contributed by atoms with Crippen molar-refractivity contribution in [2.75, 3.05) is 33.2 Å². The third-order valence-electron chi connectivity index (χ3n) is 4.62. The van der Waals surface area contributed by atoms with Crippen molar-refractivity contribution in [3.8, 4) is 0 Å². The standard InChI is InChI=1S/C14H21N3O4/c1-15-7-12(19)17(13(15)20)6-2-3-11(18)16-8-14(21,9-16)10-4-5-10/h10,21H,2-9H2,1H3. The fourth-order valence-electron chi connectivity index (χ4n) is 3.11. The zero-order valence-electron chi connectivity index (χ0n) is 12.2. The van der Waals surface area contributed by atoms with Crippen LogP contribution in [0.5, 0.6) is 0 Å². The number of nitrogens with zero attached hydrogens (tertiary/aromatic N) is 3. The van der Waals surface area contributed by atoms with E-state index in [9.17, 15) is 19.5 Å². The number of carbonyl (C=O) groups excluding carboxylic acids is 3. The van der Waals surface area contributed by atoms with E-state index in [1.807, 2.05) is 0 Å². The summed E-state index contributed by atoms with van der Waals surface area (Å²) in [6.45, 7) is 1.27. The molecule has 7 heteroatoms. The fourth-order valence-corrected chi connectivity index (χ4v) is 3.11. The SMILES string of the molecule is CN1CC(=O)N(CCCC(=O)N2CC(O)(C3CC3)C2)C1=O. The number of carbonyl (C=O) groups is 3. The van der Waals surface area contributed by atoms with Crippen LogP contribution in [0.4, 0.5) is 4.79 Å². The molecule has 7 nitrogen and oxygen atoms in total. The highest BCUT2D eigenvalue weighted by Gasteiger charge is 2.53. The van der Waals surface area contributed by atoms with Gasteiger partial charge < -0.3 is 14.9 Å². The monoisotopic (exact) mass is 295 g/mol. The molecule has 0 spiro atoms. The van der Waals surface area contributed by atoms with Gasteiger partial charge in [0, 0.05) is 20.0 Å². The number of rotatable bonds is 5. The molecule has 0 bridgehead atoms. The zero-order valence-corrected chi connectivity index (χ0v) is 12.2. The van der Waals surface area contributed by atoms with Crippen LogP contribution in [0.3, 0.4) is 0 Å². The molecule has 3 aliphatic rings. The summed E-state index contributed by atoms with van der Waals surface area (Å²) in [6, 6.07) is -0.292. The molecule has 116 valence electrons. The van der Waals surface area contributed by atoms with Crippen molar-refractivity contribution < 1.29 is 19.5 Å². The Hall–Kier alpha value is -1.63. The Bertz CT molecular complexity index is 483. The van der Waals surface area contributed by atoms with Gasteiger partial charge in [-0.15, -0.1) is 0 Å². The maximum atomic E-state index is 12.0. The van der Waals surface area contributed by atoms with E-state index in [-0.39, 0.29) is 30.9 Å². The van der Waals surface area contributed by atoms with Gasteiger partial charge in [0.25, 0.3) is 0 Å². The van der Waals surface area contributed by atoms with E-state index in [0.29, 0.717) is 31.8 Å². The molecule has 2 saturated heterocycles. The van der Waals surface area contributed by atoms with Crippen LogP contribution in [-0.4, -0.2) is 76.5 Å². The van der Waals surface area contributed by atoms with Crippen molar-refractivity contribution >= 4 is 17.8 Å². The van der Waals surface area contributed by atoms with Gasteiger partial charge in [-0.05, 0) is 25.2 Å². The Balaban J connectivity index is 1.39. The van der Waals surface area contributed by atoms with Gasteiger partial charge in [-0.3, -0.25) is 14.5 Å². The normalized spacial score (nSPS) is 24.6. The number of β-amino-alcohol motifs (C(OH)–C–C–N with tert-alkyl or cyclic N) is 1. The van der Waals surface area contributed by atoms with Crippen LogP contribution < -0.4 is 0 Å². The number of likely N-dealkylation sites (tertiary alicyclic amines) is 1. The highest BCUT2D eigenvalue weighted by atomic mass is 16.3. The predicted molar refractivity (Wildman–Crippen MR) is 73.2 cm³/mol. The Kier molecular flexibility index (Phi) is 3.39. The lowest BCUT2D eigenvalue weighted by Crippen LogP contribution is -2.64. The topological polar surface area (TPSA) is 81.2 Å². The molecule has 2 heterocycles. The number of amides is 4. The lowest BCUT2D eigenvalue weighted by molar-refractivity contribution is -0.159. The molecule has 0 aromatic carbocycles. The molecule has 0 aromatic heterocycles. The number of hydrogen-bond acceptors (Lipinski definition) is 4. The molecule has 0 radical (unpaired) electrons. The van der Waals surface area contributed by atoms with Crippen molar-refractivity contribution in [1.82, 2.24) is 14.7 Å². The van der Waals surface area contributed by atoms with Crippen LogP contribution in [0.1, 0.15) is 25.7 Å². The summed E-state index contributed by atoms with van der Waals surface area (Å²) in [5, 5.41) is 10.2. The first-order chi connectivity index (χ1) is 9.90. The third-order valence-corrected chi connectivity index (χ3v) is 4.62. The Labute approximate surface area is 123 Å². The van der Waals surface area contributed by atoms with Crippen LogP contribution in [0.15, 0.2) is 0 Å². The number of likely N-dealkylation sites (N-methyl/N-ethyl adjacent to an activating group) is 1. The van der Waals surface area contributed by atoms with E-state index < -0.39 is 5.60 Å². The second-order valence-corrected chi connectivity index (χ2v) is 6.42. The van der Waals surface area contributed by atoms with Gasteiger partial charge in [-0.25, -0.2) is 4.79 Å². The van der Waals surface area contributed by atoms with Gasteiger partial charge >= 0.3 is 6.03 Å². The molecule has 1 aliphatic carbocycles. The Morgan fingerprint density at radius 2 is 2.00 bits per heavy atom. The summed E-state index contributed by atoms with van der Waals surface area (Å²) in [5.41, 5.74) is -0.654. The van der Waals surface area contributed by atoms with E-state index in [4.69, 9.17) is 0 Å². The first kappa shape index (κ1) is 14.3. The smallest absolute Gasteiger partial charge is 0.326 e. The van der Waals surface area contributed by atoms with Gasteiger partial charge in [-0.2, -0.15) is 0 Å². The van der Waals surface area contributed by atoms with Gasteiger partial charge in [0.15, 0.2) is 0 Å². The van der Waals surface area contributed by atoms with Crippen molar-refractivity contribution in [2.45, 2.75) is 31.3 Å². The summed E-state index contributed by atoms with van der Waals surface area (Å²) < 4.78 is 0. The lowest BCUT2D eigenvalue weighted by Gasteiger charge is -2.47. The van der Waals surface area contributed by atoms with E-state index in [1.54, 1.807) is 11.9 Å². The summed E-state index contributed by atoms with van der Waals surface area (Å²) in [5.74, 6) is 0.159. The quantitative estimate of drug-likeness (QED) is 0.703. The molecule has 2 aliphatic heterocycles. The van der Waals surface area contributed by atoms with E-state index in [0.717, 1.165) is 12.8 Å². The average Bonchev–Trinajstić information content (AvgIpc) is 3.20. The molecule has 3 fully saturated rings. The van der Waals surface area contributed by atoms with Gasteiger partial charge in [0.2, 0.25) is 11.8 Å². The van der Waals surface area contributed by atoms with Gasteiger partial charge in [0.05, 0.1) is 13.1 Å². The van der Waals surface area contributed by atoms with Crippen molar-refractivity contribution in [2.24, 2.45) is 5.92 Å². The maximum Gasteiger partial charge on any atom is 0.326 e. The number of urea groups is 1. The van der Waals surface area contributed by atoms with Crippen LogP contribution in [0.25, 0.3) is 0 Å². The summed E-state index contributed by atoms with van der Waals surface area (Å²) in [4.78, 5) is 39.4. The molecule has 1 N–H and O–H groups in total. The van der Waals surface area contributed by atoms with Crippen LogP contribution in [0, 0.1) is 5.92 Å². The fraction of sp³-hybridized carbons (Fsp3) is 0.786. The van der Waals surface area contributed by atoms with Gasteiger partial charge in [-0.1, -0.05) is 0 Å². The molecule has 1 saturated carbocycles. The molecule has 4 amide bonds. The average molecular weight is 295 g/mol. The van der Waals surface area contributed by atoms with Gasteiger partial charge in [0.1, 0.15) is 12.1 Å². The molecule has 21 heavy (non-hydrogen) atoms. The van der Waals surface area contributed by atoms with Crippen LogP contribution in [0.2, 0.25) is 0 Å². The van der Waals surface area contributed by atoms with Crippen LogP contribution >= 0.6 is 0 Å². The first-order valence-electron chi connectivity index (χ1n) is 7.46. The highest BCUT2D eigenvalue weighted by Crippen LogP contribution is 2.44. The molecular weight excluding hydrogens is 274 g/mol. The Morgan fingerprint density at radius 3 is 2.52 bits per heavy atom. The largest absolute Gasteiger partial charge is 0.386 e. The second-order valence-electron chi connectivity index (χ2n) is 6.42. The minimum atomic E-state index is -0.654. The van der Waals surface area contributed by atoms with Crippen molar-refractivity contribution in [1.29, 1.82) is 0 Å². The molecular formula is C14H21N3O4. The van der Waals surface area contributed by atoms with E-state index in [1.165, 1.54) is 9.80 Å². The van der Waals surface area contributed by atoms with Crippen LogP contribution in [-0.2, 0) is 9.59 Å². The lowest BCUT2D eigenvalue weighted by atomic mass is 9.88. The molecule has 0 aromatic rings. The predicted octanol–water partition coefficient (Wildman–Crippen LogP) is -0.356. The number of imide groups is 1. The number of aliphatic hydroxyl groups is 1. The highest BCUT2D eigenvalue weighted by molar-refractivity contribution is 6.01. The minimum Gasteiger partial charge on any atom is -0.386 e. The summed E-state index contributed by atoms with van der Waals surface area (Å²) in [7, 11) is 1.59. The van der Waals surface area contributed by atoms with Crippen molar-refractivity contribution in [3.05, 3.63) is 0 Å². The molecule has 0 atom stereocenters. The molecule has 0 unspecified atom stereocenters. The number of hydrogen-bond donors (Lipinski definition) is 1. The van der Waals surface area contributed by atoms with E-state index in [2.05, 4.69) is 0 Å². The third kappa shape index (κ3) is 2.62.